The summed E-state index contributed by atoms with van der Waals surface area (Å²) in [6.45, 7) is 10.7. The number of amides is 2. The summed E-state index contributed by atoms with van der Waals surface area (Å²) in [4.78, 5) is 28.7. The van der Waals surface area contributed by atoms with Gasteiger partial charge in [0.25, 0.3) is 10.0 Å². The van der Waals surface area contributed by atoms with E-state index in [1.807, 2.05) is 58.9 Å². The number of aryl methyl sites for hydroxylation is 2. The number of benzene rings is 3. The first-order valence-corrected chi connectivity index (χ1v) is 15.1. The minimum absolute atomic E-state index is 0.0720. The van der Waals surface area contributed by atoms with Crippen molar-refractivity contribution in [3.63, 3.8) is 0 Å². The molecule has 0 aliphatic carbocycles. The fourth-order valence-electron chi connectivity index (χ4n) is 4.41. The maximum atomic E-state index is 14.1. The van der Waals surface area contributed by atoms with E-state index in [9.17, 15) is 18.0 Å². The predicted molar refractivity (Wildman–Crippen MR) is 164 cm³/mol. The van der Waals surface area contributed by atoms with E-state index in [2.05, 4.69) is 5.32 Å². The van der Waals surface area contributed by atoms with Crippen molar-refractivity contribution in [2.45, 2.75) is 64.6 Å². The quantitative estimate of drug-likeness (QED) is 0.340. The number of nitrogens with zero attached hydrogens (tertiary/aromatic N) is 2. The normalized spacial score (nSPS) is 12.3. The molecule has 3 aromatic rings. The monoisotopic (exact) mass is 595 g/mol. The molecule has 10 heteroatoms. The Labute approximate surface area is 249 Å². The van der Waals surface area contributed by atoms with Gasteiger partial charge in [0.1, 0.15) is 12.6 Å². The SMILES string of the molecule is COc1ccc(S(=O)(=O)N(CC(=O)N(Cc2cccc(C)c2)C(C)C(=O)NC(C)(C)C)c2ccc(C)cc2)cc1OC. The van der Waals surface area contributed by atoms with Crippen LogP contribution in [0.4, 0.5) is 5.69 Å². The van der Waals surface area contributed by atoms with Crippen LogP contribution in [0.1, 0.15) is 44.4 Å². The minimum atomic E-state index is -4.26. The van der Waals surface area contributed by atoms with E-state index < -0.39 is 34.1 Å². The van der Waals surface area contributed by atoms with Crippen LogP contribution in [0.5, 0.6) is 11.5 Å². The Balaban J connectivity index is 2.08. The molecule has 0 bridgehead atoms. The molecule has 3 rings (SSSR count). The summed E-state index contributed by atoms with van der Waals surface area (Å²) in [5.41, 5.74) is 2.55. The maximum Gasteiger partial charge on any atom is 0.264 e. The zero-order valence-corrected chi connectivity index (χ0v) is 26.4. The Morgan fingerprint density at radius 2 is 1.52 bits per heavy atom. The topological polar surface area (TPSA) is 105 Å². The lowest BCUT2D eigenvalue weighted by atomic mass is 10.1. The van der Waals surface area contributed by atoms with Crippen molar-refractivity contribution in [1.29, 1.82) is 0 Å². The van der Waals surface area contributed by atoms with E-state index in [4.69, 9.17) is 9.47 Å². The van der Waals surface area contributed by atoms with Gasteiger partial charge in [0, 0.05) is 18.2 Å². The third kappa shape index (κ3) is 8.03. The van der Waals surface area contributed by atoms with Gasteiger partial charge in [-0.05, 0) is 71.4 Å². The molecule has 0 aromatic heterocycles. The van der Waals surface area contributed by atoms with Crippen molar-refractivity contribution < 1.29 is 27.5 Å². The van der Waals surface area contributed by atoms with Crippen molar-refractivity contribution in [1.82, 2.24) is 10.2 Å². The van der Waals surface area contributed by atoms with Crippen molar-refractivity contribution in [3.8, 4) is 11.5 Å². The number of carbonyl (C=O) groups is 2. The third-order valence-electron chi connectivity index (χ3n) is 6.64. The van der Waals surface area contributed by atoms with Gasteiger partial charge in [-0.3, -0.25) is 13.9 Å². The molecule has 1 atom stereocenters. The maximum absolute atomic E-state index is 14.1. The standard InChI is InChI=1S/C32H41N3O6S/c1-22-12-14-26(15-13-22)35(42(38,39)27-16-17-28(40-7)29(19-27)41-8)21-30(36)34(20-25-11-9-10-23(2)18-25)24(3)31(37)33-32(4,5)6/h9-19,24H,20-21H2,1-8H3,(H,33,37). The fraction of sp³-hybridized carbons (Fsp3) is 0.375. The number of anilines is 1. The molecule has 0 heterocycles. The molecule has 0 aliphatic heterocycles. The summed E-state index contributed by atoms with van der Waals surface area (Å²) >= 11 is 0. The van der Waals surface area contributed by atoms with Crippen molar-refractivity contribution in [3.05, 3.63) is 83.4 Å². The lowest BCUT2D eigenvalue weighted by Gasteiger charge is -2.33. The van der Waals surface area contributed by atoms with Gasteiger partial charge in [0.15, 0.2) is 11.5 Å². The van der Waals surface area contributed by atoms with E-state index in [1.165, 1.54) is 37.3 Å². The highest BCUT2D eigenvalue weighted by Gasteiger charge is 2.33. The van der Waals surface area contributed by atoms with Crippen molar-refractivity contribution >= 4 is 27.5 Å². The Morgan fingerprint density at radius 1 is 0.881 bits per heavy atom. The van der Waals surface area contributed by atoms with Gasteiger partial charge in [-0.25, -0.2) is 8.42 Å². The molecule has 0 aliphatic rings. The van der Waals surface area contributed by atoms with E-state index >= 15 is 0 Å². The van der Waals surface area contributed by atoms with Crippen LogP contribution in [0, 0.1) is 13.8 Å². The van der Waals surface area contributed by atoms with Crippen LogP contribution in [0.15, 0.2) is 71.6 Å². The van der Waals surface area contributed by atoms with Gasteiger partial charge in [-0.2, -0.15) is 0 Å². The molecule has 42 heavy (non-hydrogen) atoms. The Hall–Kier alpha value is -4.05. The molecule has 2 amide bonds. The Kier molecular flexibility index (Phi) is 10.3. The zero-order valence-electron chi connectivity index (χ0n) is 25.6. The van der Waals surface area contributed by atoms with E-state index in [0.717, 1.165) is 21.0 Å². The number of carbonyl (C=O) groups excluding carboxylic acids is 2. The predicted octanol–water partition coefficient (Wildman–Crippen LogP) is 4.85. The molecule has 0 fully saturated rings. The average Bonchev–Trinajstić information content (AvgIpc) is 2.93. The Bertz CT molecular complexity index is 1510. The number of hydrogen-bond donors (Lipinski definition) is 1. The minimum Gasteiger partial charge on any atom is -0.493 e. The third-order valence-corrected chi connectivity index (χ3v) is 8.41. The number of rotatable bonds is 11. The van der Waals surface area contributed by atoms with E-state index in [-0.39, 0.29) is 23.1 Å². The summed E-state index contributed by atoms with van der Waals surface area (Å²) in [6.07, 6.45) is 0. The van der Waals surface area contributed by atoms with E-state index in [0.29, 0.717) is 11.4 Å². The summed E-state index contributed by atoms with van der Waals surface area (Å²) in [5, 5.41) is 2.93. The first-order valence-electron chi connectivity index (χ1n) is 13.6. The van der Waals surface area contributed by atoms with Crippen LogP contribution in [-0.4, -0.2) is 57.5 Å². The molecule has 0 saturated heterocycles. The van der Waals surface area contributed by atoms with Crippen molar-refractivity contribution in [2.24, 2.45) is 0 Å². The second-order valence-electron chi connectivity index (χ2n) is 11.3. The number of nitrogens with one attached hydrogen (secondary N) is 1. The fourth-order valence-corrected chi connectivity index (χ4v) is 5.84. The number of sulfonamides is 1. The zero-order chi connectivity index (χ0) is 31.2. The molecule has 0 radical (unpaired) electrons. The largest absolute Gasteiger partial charge is 0.493 e. The highest BCUT2D eigenvalue weighted by molar-refractivity contribution is 7.92. The highest BCUT2D eigenvalue weighted by atomic mass is 32.2. The van der Waals surface area contributed by atoms with Gasteiger partial charge < -0.3 is 19.7 Å². The van der Waals surface area contributed by atoms with Crippen LogP contribution in [0.3, 0.4) is 0 Å². The number of hydrogen-bond acceptors (Lipinski definition) is 6. The van der Waals surface area contributed by atoms with Gasteiger partial charge >= 0.3 is 0 Å². The molecule has 1 unspecified atom stereocenters. The average molecular weight is 596 g/mol. The molecule has 3 aromatic carbocycles. The van der Waals surface area contributed by atoms with Gasteiger partial charge in [0.2, 0.25) is 11.8 Å². The lowest BCUT2D eigenvalue weighted by Crippen LogP contribution is -2.54. The second kappa shape index (κ2) is 13.3. The molecule has 226 valence electrons. The van der Waals surface area contributed by atoms with Crippen LogP contribution in [0.25, 0.3) is 0 Å². The Morgan fingerprint density at radius 3 is 2.10 bits per heavy atom. The van der Waals surface area contributed by atoms with E-state index in [1.54, 1.807) is 31.2 Å². The van der Waals surface area contributed by atoms with Crippen molar-refractivity contribution in [2.75, 3.05) is 25.1 Å². The molecular weight excluding hydrogens is 554 g/mol. The molecule has 9 nitrogen and oxygen atoms in total. The summed E-state index contributed by atoms with van der Waals surface area (Å²) < 4.78 is 39.9. The van der Waals surface area contributed by atoms with Crippen LogP contribution in [-0.2, 0) is 26.2 Å². The number of ether oxygens (including phenoxy) is 2. The molecule has 0 saturated carbocycles. The number of methoxy groups -OCH3 is 2. The summed E-state index contributed by atoms with van der Waals surface area (Å²) in [7, 11) is -1.38. The van der Waals surface area contributed by atoms with Gasteiger partial charge in [-0.1, -0.05) is 47.5 Å². The van der Waals surface area contributed by atoms with Gasteiger partial charge in [0.05, 0.1) is 24.8 Å². The molecule has 0 spiro atoms. The summed E-state index contributed by atoms with van der Waals surface area (Å²) in [5.74, 6) is -0.259. The smallest absolute Gasteiger partial charge is 0.264 e. The lowest BCUT2D eigenvalue weighted by molar-refractivity contribution is -0.140. The van der Waals surface area contributed by atoms with Crippen LogP contribution < -0.4 is 19.1 Å². The second-order valence-corrected chi connectivity index (χ2v) is 13.2. The summed E-state index contributed by atoms with van der Waals surface area (Å²) in [6, 6.07) is 17.9. The van der Waals surface area contributed by atoms with Crippen LogP contribution in [0.2, 0.25) is 0 Å². The highest BCUT2D eigenvalue weighted by Crippen LogP contribution is 2.32. The molecular formula is C32H41N3O6S. The first-order chi connectivity index (χ1) is 19.7. The first kappa shape index (κ1) is 32.5. The van der Waals surface area contributed by atoms with Gasteiger partial charge in [-0.15, -0.1) is 0 Å². The van der Waals surface area contributed by atoms with Crippen LogP contribution >= 0.6 is 0 Å². The molecule has 1 N–H and O–H groups in total.